The zero-order chi connectivity index (χ0) is 21.3. The van der Waals surface area contributed by atoms with Gasteiger partial charge in [0.15, 0.2) is 0 Å². The summed E-state index contributed by atoms with van der Waals surface area (Å²) in [6.07, 6.45) is 0. The molecule has 2 amide bonds. The molecule has 0 fully saturated rings. The fourth-order valence-electron chi connectivity index (χ4n) is 2.90. The molecule has 0 aliphatic carbocycles. The first-order chi connectivity index (χ1) is 14.4. The van der Waals surface area contributed by atoms with E-state index in [9.17, 15) is 14.0 Å². The summed E-state index contributed by atoms with van der Waals surface area (Å²) >= 11 is 13.1. The number of nitrogens with one attached hydrogen (secondary N) is 1. The molecule has 3 aromatic carbocycles. The molecule has 0 unspecified atom stereocenters. The minimum Gasteiger partial charge on any atom is -0.350 e. The summed E-state index contributed by atoms with van der Waals surface area (Å²) in [6.45, 7) is 0. The summed E-state index contributed by atoms with van der Waals surface area (Å²) in [7, 11) is 0. The van der Waals surface area contributed by atoms with Crippen LogP contribution in [0, 0.1) is 5.82 Å². The number of carbonyl (C=O) groups excluding carboxylic acids is 2. The highest BCUT2D eigenvalue weighted by molar-refractivity contribution is 8.04. The van der Waals surface area contributed by atoms with Crippen molar-refractivity contribution in [1.82, 2.24) is 0 Å². The summed E-state index contributed by atoms with van der Waals surface area (Å²) < 4.78 is 14.4. The molecule has 1 heterocycles. The lowest BCUT2D eigenvalue weighted by atomic mass is 10.2. The van der Waals surface area contributed by atoms with Crippen molar-refractivity contribution in [2.24, 2.45) is 0 Å². The van der Waals surface area contributed by atoms with Crippen molar-refractivity contribution in [2.45, 2.75) is 4.90 Å². The quantitative estimate of drug-likeness (QED) is 0.467. The van der Waals surface area contributed by atoms with Crippen molar-refractivity contribution < 1.29 is 14.0 Å². The lowest BCUT2D eigenvalue weighted by Crippen LogP contribution is -2.33. The van der Waals surface area contributed by atoms with Crippen LogP contribution in [0.3, 0.4) is 0 Å². The van der Waals surface area contributed by atoms with E-state index in [2.05, 4.69) is 5.32 Å². The van der Waals surface area contributed by atoms with Crippen molar-refractivity contribution in [1.29, 1.82) is 0 Å². The Bertz CT molecular complexity index is 1180. The van der Waals surface area contributed by atoms with Gasteiger partial charge in [0.05, 0.1) is 5.69 Å². The SMILES string of the molecule is O=C1C(Nc2cccc(Cl)c2)=C(Sc2ccc(Cl)cc2)C(=O)N1c1ccccc1F. The van der Waals surface area contributed by atoms with E-state index in [1.807, 2.05) is 0 Å². The molecule has 1 N–H and O–H groups in total. The largest absolute Gasteiger partial charge is 0.350 e. The molecule has 1 aliphatic rings. The molecule has 30 heavy (non-hydrogen) atoms. The minimum atomic E-state index is -0.668. The Morgan fingerprint density at radius 2 is 1.57 bits per heavy atom. The predicted molar refractivity (Wildman–Crippen MR) is 118 cm³/mol. The first-order valence-electron chi connectivity index (χ1n) is 8.77. The lowest BCUT2D eigenvalue weighted by Gasteiger charge is -2.16. The van der Waals surface area contributed by atoms with Crippen LogP contribution in [0.25, 0.3) is 0 Å². The predicted octanol–water partition coefficient (Wildman–Crippen LogP) is 6.12. The maximum absolute atomic E-state index is 14.4. The molecular formula is C22H13Cl2FN2O2S. The summed E-state index contributed by atoms with van der Waals surface area (Å²) in [4.78, 5) is 28.0. The van der Waals surface area contributed by atoms with Crippen LogP contribution in [0.15, 0.2) is 88.3 Å². The van der Waals surface area contributed by atoms with E-state index >= 15 is 0 Å². The van der Waals surface area contributed by atoms with Crippen LogP contribution < -0.4 is 10.2 Å². The van der Waals surface area contributed by atoms with E-state index in [1.165, 1.54) is 18.2 Å². The third-order valence-corrected chi connectivity index (χ3v) is 5.84. The average Bonchev–Trinajstić information content (AvgIpc) is 2.94. The van der Waals surface area contributed by atoms with E-state index in [0.717, 1.165) is 16.7 Å². The number of hydrogen-bond donors (Lipinski definition) is 1. The molecule has 0 spiro atoms. The van der Waals surface area contributed by atoms with Gasteiger partial charge in [-0.25, -0.2) is 9.29 Å². The highest BCUT2D eigenvalue weighted by Crippen LogP contribution is 2.38. The first kappa shape index (κ1) is 20.5. The number of anilines is 2. The summed E-state index contributed by atoms with van der Waals surface area (Å²) in [5, 5.41) is 3.99. The molecule has 3 aromatic rings. The summed E-state index contributed by atoms with van der Waals surface area (Å²) in [5.41, 5.74) is 0.471. The molecule has 0 atom stereocenters. The standard InChI is InChI=1S/C22H13Cl2FN2O2S/c23-13-8-10-16(11-9-13)30-20-19(26-15-5-3-4-14(24)12-15)21(28)27(22(20)29)18-7-2-1-6-17(18)25/h1-12,26H. The highest BCUT2D eigenvalue weighted by atomic mass is 35.5. The van der Waals surface area contributed by atoms with Gasteiger partial charge in [-0.05, 0) is 54.6 Å². The number of halogens is 3. The second kappa shape index (κ2) is 8.52. The van der Waals surface area contributed by atoms with E-state index < -0.39 is 17.6 Å². The van der Waals surface area contributed by atoms with Crippen LogP contribution in [-0.2, 0) is 9.59 Å². The van der Waals surface area contributed by atoms with Gasteiger partial charge in [0.25, 0.3) is 11.8 Å². The maximum atomic E-state index is 14.4. The molecule has 0 saturated heterocycles. The molecule has 4 rings (SSSR count). The minimum absolute atomic E-state index is 0.0467. The molecule has 0 saturated carbocycles. The molecule has 4 nitrogen and oxygen atoms in total. The second-order valence-electron chi connectivity index (χ2n) is 6.29. The Labute approximate surface area is 186 Å². The lowest BCUT2D eigenvalue weighted by molar-refractivity contribution is -0.120. The number of hydrogen-bond acceptors (Lipinski definition) is 4. The third kappa shape index (κ3) is 4.07. The fraction of sp³-hybridized carbons (Fsp3) is 0. The topological polar surface area (TPSA) is 49.4 Å². The van der Waals surface area contributed by atoms with Crippen LogP contribution in [0.2, 0.25) is 10.0 Å². The van der Waals surface area contributed by atoms with Gasteiger partial charge < -0.3 is 5.32 Å². The van der Waals surface area contributed by atoms with Crippen molar-refractivity contribution in [2.75, 3.05) is 10.2 Å². The van der Waals surface area contributed by atoms with E-state index in [-0.39, 0.29) is 16.3 Å². The van der Waals surface area contributed by atoms with Gasteiger partial charge in [0.2, 0.25) is 0 Å². The third-order valence-electron chi connectivity index (χ3n) is 4.26. The van der Waals surface area contributed by atoms with Crippen LogP contribution in [0.5, 0.6) is 0 Å². The smallest absolute Gasteiger partial charge is 0.283 e. The Kier molecular flexibility index (Phi) is 5.81. The zero-order valence-corrected chi connectivity index (χ0v) is 17.6. The van der Waals surface area contributed by atoms with Gasteiger partial charge in [0, 0.05) is 20.6 Å². The zero-order valence-electron chi connectivity index (χ0n) is 15.2. The van der Waals surface area contributed by atoms with Gasteiger partial charge in [-0.2, -0.15) is 0 Å². The number of thioether (sulfide) groups is 1. The molecule has 1 aliphatic heterocycles. The average molecular weight is 459 g/mol. The fourth-order valence-corrected chi connectivity index (χ4v) is 4.14. The van der Waals surface area contributed by atoms with Crippen LogP contribution in [0.4, 0.5) is 15.8 Å². The highest BCUT2D eigenvalue weighted by Gasteiger charge is 2.41. The Balaban J connectivity index is 1.76. The van der Waals surface area contributed by atoms with Crippen LogP contribution >= 0.6 is 35.0 Å². The molecule has 150 valence electrons. The van der Waals surface area contributed by atoms with Crippen LogP contribution in [-0.4, -0.2) is 11.8 Å². The second-order valence-corrected chi connectivity index (χ2v) is 8.25. The molecule has 0 bridgehead atoms. The Morgan fingerprint density at radius 1 is 0.833 bits per heavy atom. The molecule has 0 radical (unpaired) electrons. The maximum Gasteiger partial charge on any atom is 0.283 e. The Hall–Kier alpha value is -2.80. The monoisotopic (exact) mass is 458 g/mol. The van der Waals surface area contributed by atoms with Gasteiger partial charge >= 0.3 is 0 Å². The van der Waals surface area contributed by atoms with Gasteiger partial charge in [-0.1, -0.05) is 53.2 Å². The number of benzene rings is 3. The number of para-hydroxylation sites is 1. The van der Waals surface area contributed by atoms with E-state index in [4.69, 9.17) is 23.2 Å². The summed E-state index contributed by atoms with van der Waals surface area (Å²) in [6, 6.07) is 19.2. The Morgan fingerprint density at radius 3 is 2.27 bits per heavy atom. The summed E-state index contributed by atoms with van der Waals surface area (Å²) in [5.74, 6) is -1.94. The van der Waals surface area contributed by atoms with Crippen molar-refractivity contribution in [3.05, 3.63) is 99.3 Å². The van der Waals surface area contributed by atoms with E-state index in [0.29, 0.717) is 20.6 Å². The van der Waals surface area contributed by atoms with Crippen molar-refractivity contribution in [3.63, 3.8) is 0 Å². The number of carbonyl (C=O) groups is 2. The molecular weight excluding hydrogens is 446 g/mol. The van der Waals surface area contributed by atoms with Crippen molar-refractivity contribution >= 4 is 58.2 Å². The molecule has 0 aromatic heterocycles. The first-order valence-corrected chi connectivity index (χ1v) is 10.3. The van der Waals surface area contributed by atoms with Crippen molar-refractivity contribution in [3.8, 4) is 0 Å². The van der Waals surface area contributed by atoms with E-state index in [1.54, 1.807) is 54.6 Å². The number of rotatable bonds is 5. The normalized spacial score (nSPS) is 13.9. The van der Waals surface area contributed by atoms with Crippen LogP contribution in [0.1, 0.15) is 0 Å². The van der Waals surface area contributed by atoms with Gasteiger partial charge in [0.1, 0.15) is 16.4 Å². The molecule has 8 heteroatoms. The number of amides is 2. The van der Waals surface area contributed by atoms with Gasteiger partial charge in [-0.3, -0.25) is 9.59 Å². The number of imide groups is 1. The number of nitrogens with zero attached hydrogens (tertiary/aromatic N) is 1. The van der Waals surface area contributed by atoms with Gasteiger partial charge in [-0.15, -0.1) is 0 Å².